The Bertz CT molecular complexity index is 683. The van der Waals surface area contributed by atoms with Crippen molar-refractivity contribution in [3.8, 4) is 5.75 Å². The van der Waals surface area contributed by atoms with Crippen LogP contribution in [0.5, 0.6) is 5.75 Å². The lowest BCUT2D eigenvalue weighted by atomic mass is 9.60. The van der Waals surface area contributed by atoms with Gasteiger partial charge in [0.1, 0.15) is 5.75 Å². The lowest BCUT2D eigenvalue weighted by Gasteiger charge is -2.46. The quantitative estimate of drug-likeness (QED) is 0.838. The van der Waals surface area contributed by atoms with Crippen LogP contribution in [0.25, 0.3) is 5.57 Å². The van der Waals surface area contributed by atoms with Crippen LogP contribution in [0, 0.1) is 5.41 Å². The molecule has 0 fully saturated rings. The number of aliphatic hydroxyl groups is 1. The number of ether oxygens (including phenoxy) is 1. The third kappa shape index (κ3) is 1.90. The molecule has 3 aliphatic carbocycles. The Labute approximate surface area is 132 Å². The van der Waals surface area contributed by atoms with E-state index in [0.717, 1.165) is 44.3 Å². The van der Waals surface area contributed by atoms with Crippen molar-refractivity contribution in [2.45, 2.75) is 51.6 Å². The van der Waals surface area contributed by atoms with Gasteiger partial charge in [0.15, 0.2) is 0 Å². The van der Waals surface area contributed by atoms with Crippen LogP contribution in [0.1, 0.15) is 50.2 Å². The predicted molar refractivity (Wildman–Crippen MR) is 88.9 cm³/mol. The second-order valence-corrected chi connectivity index (χ2v) is 7.11. The number of aryl methyl sites for hydroxylation is 1. The molecule has 4 rings (SSSR count). The van der Waals surface area contributed by atoms with Crippen LogP contribution in [0.2, 0.25) is 0 Å². The first-order valence-corrected chi connectivity index (χ1v) is 8.42. The summed E-state index contributed by atoms with van der Waals surface area (Å²) in [7, 11) is 1.73. The van der Waals surface area contributed by atoms with Crippen molar-refractivity contribution in [3.05, 3.63) is 46.5 Å². The van der Waals surface area contributed by atoms with E-state index in [4.69, 9.17) is 4.74 Å². The maximum atomic E-state index is 10.5. The maximum Gasteiger partial charge on any atom is 0.119 e. The fraction of sp³-hybridized carbons (Fsp3) is 0.500. The molecule has 0 saturated carbocycles. The number of hydrogen-bond donors (Lipinski definition) is 1. The van der Waals surface area contributed by atoms with Crippen LogP contribution in [0.4, 0.5) is 0 Å². The number of fused-ring (bicyclic) bond motifs is 4. The Hall–Kier alpha value is -1.54. The highest BCUT2D eigenvalue weighted by Crippen LogP contribution is 2.54. The molecule has 0 amide bonds. The zero-order valence-corrected chi connectivity index (χ0v) is 13.5. The number of aliphatic hydroxyl groups excluding tert-OH is 1. The maximum absolute atomic E-state index is 10.5. The largest absolute Gasteiger partial charge is 0.497 e. The highest BCUT2D eigenvalue weighted by molar-refractivity contribution is 5.79. The zero-order chi connectivity index (χ0) is 15.3. The van der Waals surface area contributed by atoms with Gasteiger partial charge in [0.2, 0.25) is 0 Å². The Kier molecular flexibility index (Phi) is 3.19. The Morgan fingerprint density at radius 2 is 2.05 bits per heavy atom. The lowest BCUT2D eigenvalue weighted by Crippen LogP contribution is -2.40. The van der Waals surface area contributed by atoms with Crippen LogP contribution in [0.3, 0.4) is 0 Å². The molecule has 0 bridgehead atoms. The molecule has 3 aliphatic rings. The van der Waals surface area contributed by atoms with Crippen molar-refractivity contribution in [3.63, 3.8) is 0 Å². The second-order valence-electron chi connectivity index (χ2n) is 7.11. The first kappa shape index (κ1) is 14.1. The summed E-state index contributed by atoms with van der Waals surface area (Å²) in [5.41, 5.74) is 7.27. The van der Waals surface area contributed by atoms with Gasteiger partial charge in [0.05, 0.1) is 13.2 Å². The number of rotatable bonds is 1. The van der Waals surface area contributed by atoms with Gasteiger partial charge in [-0.3, -0.25) is 0 Å². The first-order valence-electron chi connectivity index (χ1n) is 8.42. The van der Waals surface area contributed by atoms with E-state index in [1.165, 1.54) is 27.8 Å². The van der Waals surface area contributed by atoms with Crippen LogP contribution >= 0.6 is 0 Å². The fourth-order valence-electron chi connectivity index (χ4n) is 4.62. The molecule has 116 valence electrons. The van der Waals surface area contributed by atoms with Gasteiger partial charge in [0, 0.05) is 5.41 Å². The SMILES string of the molecule is COc1ccc2c(c1)CCC1=C2CC[C@@]2(C)C1=CCC[C@@H]2O. The third-order valence-electron chi connectivity index (χ3n) is 6.00. The highest BCUT2D eigenvalue weighted by Gasteiger charge is 2.43. The molecule has 0 saturated heterocycles. The van der Waals surface area contributed by atoms with Crippen molar-refractivity contribution in [1.29, 1.82) is 0 Å². The van der Waals surface area contributed by atoms with Crippen LogP contribution < -0.4 is 4.74 Å². The zero-order valence-electron chi connectivity index (χ0n) is 13.5. The standard InChI is InChI=1S/C20H24O2/c1-20-11-10-16-15-9-7-14(22-2)12-13(15)6-8-17(16)18(20)4-3-5-19(20)21/h4,7,9,12,19,21H,3,5-6,8,10-11H2,1-2H3/t19-,20-/m0/s1. The van der Waals surface area contributed by atoms with Crippen molar-refractivity contribution in [2.24, 2.45) is 5.41 Å². The first-order chi connectivity index (χ1) is 10.6. The summed E-state index contributed by atoms with van der Waals surface area (Å²) in [5.74, 6) is 0.954. The van der Waals surface area contributed by atoms with E-state index in [1.807, 2.05) is 0 Å². The van der Waals surface area contributed by atoms with E-state index in [-0.39, 0.29) is 11.5 Å². The molecule has 0 heterocycles. The van der Waals surface area contributed by atoms with E-state index in [2.05, 4.69) is 31.2 Å². The van der Waals surface area contributed by atoms with Gasteiger partial charge in [-0.15, -0.1) is 0 Å². The van der Waals surface area contributed by atoms with Crippen molar-refractivity contribution < 1.29 is 9.84 Å². The molecule has 1 aromatic carbocycles. The van der Waals surface area contributed by atoms with Gasteiger partial charge in [-0.2, -0.15) is 0 Å². The summed E-state index contributed by atoms with van der Waals surface area (Å²) in [6.07, 6.45) is 8.46. The molecule has 0 spiro atoms. The van der Waals surface area contributed by atoms with Crippen molar-refractivity contribution >= 4 is 5.57 Å². The Morgan fingerprint density at radius 3 is 2.86 bits per heavy atom. The third-order valence-corrected chi connectivity index (χ3v) is 6.00. The van der Waals surface area contributed by atoms with Crippen LogP contribution in [-0.2, 0) is 6.42 Å². The van der Waals surface area contributed by atoms with Crippen molar-refractivity contribution in [1.82, 2.24) is 0 Å². The van der Waals surface area contributed by atoms with E-state index in [1.54, 1.807) is 7.11 Å². The molecule has 0 aliphatic heterocycles. The number of methoxy groups -OCH3 is 1. The predicted octanol–water partition coefficient (Wildman–Crippen LogP) is 4.28. The monoisotopic (exact) mass is 296 g/mol. The van der Waals surface area contributed by atoms with Gasteiger partial charge in [-0.1, -0.05) is 19.1 Å². The fourth-order valence-corrected chi connectivity index (χ4v) is 4.62. The van der Waals surface area contributed by atoms with Gasteiger partial charge in [0.25, 0.3) is 0 Å². The molecule has 0 aromatic heterocycles. The van der Waals surface area contributed by atoms with Gasteiger partial charge < -0.3 is 9.84 Å². The number of benzene rings is 1. The van der Waals surface area contributed by atoms with Gasteiger partial charge in [-0.05, 0) is 78.5 Å². The molecule has 0 radical (unpaired) electrons. The second kappa shape index (κ2) is 4.99. The van der Waals surface area contributed by atoms with Crippen LogP contribution in [0.15, 0.2) is 35.4 Å². The van der Waals surface area contributed by atoms with Crippen molar-refractivity contribution in [2.75, 3.05) is 7.11 Å². The van der Waals surface area contributed by atoms with E-state index in [9.17, 15) is 5.11 Å². The van der Waals surface area contributed by atoms with E-state index < -0.39 is 0 Å². The summed E-state index contributed by atoms with van der Waals surface area (Å²) < 4.78 is 5.37. The number of allylic oxidation sites excluding steroid dienone is 3. The minimum Gasteiger partial charge on any atom is -0.497 e. The van der Waals surface area contributed by atoms with Gasteiger partial charge in [-0.25, -0.2) is 0 Å². The smallest absolute Gasteiger partial charge is 0.119 e. The average Bonchev–Trinajstić information content (AvgIpc) is 2.55. The molecule has 0 unspecified atom stereocenters. The molecule has 2 nitrogen and oxygen atoms in total. The molecule has 1 aromatic rings. The summed E-state index contributed by atoms with van der Waals surface area (Å²) in [6, 6.07) is 6.49. The average molecular weight is 296 g/mol. The topological polar surface area (TPSA) is 29.5 Å². The highest BCUT2D eigenvalue weighted by atomic mass is 16.5. The number of hydrogen-bond acceptors (Lipinski definition) is 2. The minimum absolute atomic E-state index is 0.0267. The molecular weight excluding hydrogens is 272 g/mol. The van der Waals surface area contributed by atoms with Crippen LogP contribution in [-0.4, -0.2) is 18.3 Å². The molecule has 22 heavy (non-hydrogen) atoms. The summed E-state index contributed by atoms with van der Waals surface area (Å²) in [5, 5.41) is 10.5. The molecule has 2 heteroatoms. The van der Waals surface area contributed by atoms with E-state index >= 15 is 0 Å². The summed E-state index contributed by atoms with van der Waals surface area (Å²) in [6.45, 7) is 2.26. The lowest BCUT2D eigenvalue weighted by molar-refractivity contribution is 0.0432. The minimum atomic E-state index is -0.182. The Morgan fingerprint density at radius 1 is 1.18 bits per heavy atom. The normalized spacial score (nSPS) is 30.1. The van der Waals surface area contributed by atoms with Gasteiger partial charge >= 0.3 is 0 Å². The Balaban J connectivity index is 1.83. The molecular formula is C20H24O2. The molecule has 2 atom stereocenters. The molecule has 1 N–H and O–H groups in total. The summed E-state index contributed by atoms with van der Waals surface area (Å²) in [4.78, 5) is 0. The van der Waals surface area contributed by atoms with E-state index in [0.29, 0.717) is 0 Å². The summed E-state index contributed by atoms with van der Waals surface area (Å²) >= 11 is 0.